The van der Waals surface area contributed by atoms with Crippen LogP contribution in [0.2, 0.25) is 0 Å². The molecule has 2 saturated carbocycles. The van der Waals surface area contributed by atoms with E-state index in [1.165, 1.54) is 31.9 Å². The minimum absolute atomic E-state index is 0.00315. The predicted molar refractivity (Wildman–Crippen MR) is 61.1 cm³/mol. The summed E-state index contributed by atoms with van der Waals surface area (Å²) in [6, 6.07) is 0.473. The molecule has 2 fully saturated rings. The maximum atomic E-state index is 10.8. The van der Waals surface area contributed by atoms with E-state index < -0.39 is 5.97 Å². The zero-order chi connectivity index (χ0) is 11.8. The molecule has 0 atom stereocenters. The Hall–Kier alpha value is -1.52. The first-order valence-electron chi connectivity index (χ1n) is 6.16. The van der Waals surface area contributed by atoms with Crippen molar-refractivity contribution in [2.45, 2.75) is 25.7 Å². The average Bonchev–Trinajstić information content (AvgIpc) is 3.21. The summed E-state index contributed by atoms with van der Waals surface area (Å²) in [7, 11) is 0. The highest BCUT2D eigenvalue weighted by atomic mass is 16.4. The van der Waals surface area contributed by atoms with Crippen LogP contribution in [-0.4, -0.2) is 29.1 Å². The lowest BCUT2D eigenvalue weighted by Gasteiger charge is -2.19. The monoisotopic (exact) mass is 236 g/mol. The normalized spacial score (nSPS) is 19.3. The van der Waals surface area contributed by atoms with Crippen LogP contribution in [0.1, 0.15) is 36.2 Å². The van der Waals surface area contributed by atoms with Crippen LogP contribution in [-0.2, 0) is 0 Å². The molecule has 2 aliphatic carbocycles. The maximum absolute atomic E-state index is 10.8. The van der Waals surface area contributed by atoms with Crippen molar-refractivity contribution in [1.29, 1.82) is 0 Å². The van der Waals surface area contributed by atoms with Gasteiger partial charge in [-0.3, -0.25) is 0 Å². The molecule has 0 bridgehead atoms. The number of hydrogen-bond donors (Lipinski definition) is 1. The number of aromatic carboxylic acids is 1. The Balaban J connectivity index is 1.72. The Bertz CT molecular complexity index is 407. The lowest BCUT2D eigenvalue weighted by Crippen LogP contribution is -2.28. The number of aromatic nitrogens is 1. The third-order valence-electron chi connectivity index (χ3n) is 3.33. The molecule has 1 aromatic heterocycles. The van der Waals surface area contributed by atoms with E-state index in [0.717, 1.165) is 24.9 Å². The summed E-state index contributed by atoms with van der Waals surface area (Å²) in [6.07, 6.45) is 6.31. The number of carboxylic acids is 1. The van der Waals surface area contributed by atoms with Gasteiger partial charge in [0.1, 0.15) is 6.26 Å². The van der Waals surface area contributed by atoms with Crippen molar-refractivity contribution in [2.24, 2.45) is 11.8 Å². The number of carbonyl (C=O) groups is 1. The molecular weight excluding hydrogens is 220 g/mol. The van der Waals surface area contributed by atoms with Crippen LogP contribution in [0.5, 0.6) is 0 Å². The highest BCUT2D eigenvalue weighted by Gasteiger charge is 2.31. The summed E-state index contributed by atoms with van der Waals surface area (Å²) in [5, 5.41) is 8.83. The summed E-state index contributed by atoms with van der Waals surface area (Å²) >= 11 is 0. The Morgan fingerprint density at radius 2 is 1.94 bits per heavy atom. The largest absolute Gasteiger partial charge is 0.476 e. The van der Waals surface area contributed by atoms with E-state index in [0.29, 0.717) is 6.01 Å². The molecule has 17 heavy (non-hydrogen) atoms. The minimum Gasteiger partial charge on any atom is -0.476 e. The molecule has 0 radical (unpaired) electrons. The standard InChI is InChI=1S/C12H16N2O3/c15-11(16)10-7-17-12(13-10)14(5-8-1-2-8)6-9-3-4-9/h7-9H,1-6H2,(H,15,16). The van der Waals surface area contributed by atoms with Gasteiger partial charge < -0.3 is 14.4 Å². The quantitative estimate of drug-likeness (QED) is 0.818. The van der Waals surface area contributed by atoms with Crippen LogP contribution < -0.4 is 4.90 Å². The van der Waals surface area contributed by atoms with E-state index in [1.54, 1.807) is 0 Å². The zero-order valence-electron chi connectivity index (χ0n) is 9.63. The third kappa shape index (κ3) is 2.60. The second kappa shape index (κ2) is 4.05. The SMILES string of the molecule is O=C(O)c1coc(N(CC2CC2)CC2CC2)n1. The van der Waals surface area contributed by atoms with Crippen LogP contribution in [0.4, 0.5) is 6.01 Å². The van der Waals surface area contributed by atoms with Crippen molar-refractivity contribution >= 4 is 12.0 Å². The maximum Gasteiger partial charge on any atom is 0.357 e. The summed E-state index contributed by atoms with van der Waals surface area (Å²) < 4.78 is 5.28. The number of anilines is 1. The Morgan fingerprint density at radius 3 is 2.35 bits per heavy atom. The lowest BCUT2D eigenvalue weighted by atomic mass is 10.3. The first-order chi connectivity index (χ1) is 8.22. The molecule has 1 heterocycles. The van der Waals surface area contributed by atoms with Crippen molar-refractivity contribution in [3.8, 4) is 0 Å². The van der Waals surface area contributed by atoms with Crippen molar-refractivity contribution in [3.63, 3.8) is 0 Å². The summed E-state index contributed by atoms with van der Waals surface area (Å²) in [5.74, 6) is 0.459. The van der Waals surface area contributed by atoms with Gasteiger partial charge in [0.25, 0.3) is 6.01 Å². The van der Waals surface area contributed by atoms with Crippen molar-refractivity contribution < 1.29 is 14.3 Å². The van der Waals surface area contributed by atoms with Gasteiger partial charge in [-0.25, -0.2) is 4.79 Å². The van der Waals surface area contributed by atoms with E-state index in [9.17, 15) is 4.79 Å². The fraction of sp³-hybridized carbons (Fsp3) is 0.667. The predicted octanol–water partition coefficient (Wildman–Crippen LogP) is 2.00. The van der Waals surface area contributed by atoms with E-state index in [1.807, 2.05) is 0 Å². The molecule has 1 aromatic rings. The zero-order valence-corrected chi connectivity index (χ0v) is 9.63. The third-order valence-corrected chi connectivity index (χ3v) is 3.33. The van der Waals surface area contributed by atoms with Gasteiger partial charge in [-0.15, -0.1) is 0 Å². The lowest BCUT2D eigenvalue weighted by molar-refractivity contribution is 0.0690. The minimum atomic E-state index is -1.03. The van der Waals surface area contributed by atoms with Gasteiger partial charge in [0.15, 0.2) is 5.69 Å². The van der Waals surface area contributed by atoms with Crippen molar-refractivity contribution in [3.05, 3.63) is 12.0 Å². The summed E-state index contributed by atoms with van der Waals surface area (Å²) in [5.41, 5.74) is -0.00315. The van der Waals surface area contributed by atoms with Crippen LogP contribution >= 0.6 is 0 Å². The van der Waals surface area contributed by atoms with Crippen molar-refractivity contribution in [2.75, 3.05) is 18.0 Å². The molecule has 0 unspecified atom stereocenters. The van der Waals surface area contributed by atoms with E-state index >= 15 is 0 Å². The molecule has 5 heteroatoms. The molecule has 0 aliphatic heterocycles. The Labute approximate surface area is 99.4 Å². The number of oxazole rings is 1. The number of nitrogens with zero attached hydrogens (tertiary/aromatic N) is 2. The van der Waals surface area contributed by atoms with Crippen LogP contribution in [0, 0.1) is 11.8 Å². The first kappa shape index (κ1) is 10.6. The second-order valence-electron chi connectivity index (χ2n) is 5.11. The highest BCUT2D eigenvalue weighted by molar-refractivity contribution is 5.85. The molecule has 2 aliphatic rings. The van der Waals surface area contributed by atoms with Crippen LogP contribution in [0.3, 0.4) is 0 Å². The fourth-order valence-electron chi connectivity index (χ4n) is 1.96. The van der Waals surface area contributed by atoms with Gasteiger partial charge in [-0.1, -0.05) is 0 Å². The molecular formula is C12H16N2O3. The molecule has 0 aromatic carbocycles. The smallest absolute Gasteiger partial charge is 0.357 e. The number of hydrogen-bond acceptors (Lipinski definition) is 4. The molecule has 3 rings (SSSR count). The highest BCUT2D eigenvalue weighted by Crippen LogP contribution is 2.35. The number of carboxylic acid groups (broad SMARTS) is 1. The fourth-order valence-corrected chi connectivity index (χ4v) is 1.96. The Morgan fingerprint density at radius 1 is 1.35 bits per heavy atom. The van der Waals surface area contributed by atoms with Crippen molar-refractivity contribution in [1.82, 2.24) is 4.98 Å². The van der Waals surface area contributed by atoms with Gasteiger partial charge in [-0.05, 0) is 37.5 Å². The molecule has 92 valence electrons. The van der Waals surface area contributed by atoms with Gasteiger partial charge in [0.05, 0.1) is 0 Å². The van der Waals surface area contributed by atoms with Crippen LogP contribution in [0.15, 0.2) is 10.7 Å². The molecule has 0 spiro atoms. The Kier molecular flexibility index (Phi) is 2.53. The summed E-state index contributed by atoms with van der Waals surface area (Å²) in [4.78, 5) is 16.9. The van der Waals surface area contributed by atoms with Gasteiger partial charge >= 0.3 is 5.97 Å². The van der Waals surface area contributed by atoms with E-state index in [-0.39, 0.29) is 5.69 Å². The second-order valence-corrected chi connectivity index (χ2v) is 5.11. The van der Waals surface area contributed by atoms with Gasteiger partial charge in [-0.2, -0.15) is 4.98 Å². The molecule has 5 nitrogen and oxygen atoms in total. The van der Waals surface area contributed by atoms with Gasteiger partial charge in [0.2, 0.25) is 0 Å². The molecule has 0 saturated heterocycles. The van der Waals surface area contributed by atoms with Gasteiger partial charge in [0, 0.05) is 13.1 Å². The molecule has 0 amide bonds. The number of rotatable bonds is 6. The summed E-state index contributed by atoms with van der Waals surface area (Å²) in [6.45, 7) is 1.91. The molecule has 1 N–H and O–H groups in total. The average molecular weight is 236 g/mol. The first-order valence-corrected chi connectivity index (χ1v) is 6.16. The van der Waals surface area contributed by atoms with E-state index in [4.69, 9.17) is 9.52 Å². The topological polar surface area (TPSA) is 66.6 Å². The van der Waals surface area contributed by atoms with Crippen LogP contribution in [0.25, 0.3) is 0 Å². The van der Waals surface area contributed by atoms with E-state index in [2.05, 4.69) is 9.88 Å².